The van der Waals surface area contributed by atoms with Crippen molar-refractivity contribution in [2.75, 3.05) is 12.8 Å². The molecule has 21 heavy (non-hydrogen) atoms. The Kier molecular flexibility index (Phi) is 5.32. The van der Waals surface area contributed by atoms with Gasteiger partial charge >= 0.3 is 0 Å². The molecule has 0 saturated carbocycles. The van der Waals surface area contributed by atoms with E-state index in [-0.39, 0.29) is 6.04 Å². The number of aryl methyl sites for hydroxylation is 3. The van der Waals surface area contributed by atoms with Gasteiger partial charge in [0.25, 0.3) is 0 Å². The van der Waals surface area contributed by atoms with Crippen molar-refractivity contribution in [2.45, 2.75) is 31.7 Å². The van der Waals surface area contributed by atoms with Crippen LogP contribution >= 0.6 is 0 Å². The second-order valence-electron chi connectivity index (χ2n) is 5.51. The highest BCUT2D eigenvalue weighted by Gasteiger charge is 2.15. The van der Waals surface area contributed by atoms with E-state index in [0.717, 1.165) is 10.5 Å². The van der Waals surface area contributed by atoms with Gasteiger partial charge in [-0.2, -0.15) is 0 Å². The van der Waals surface area contributed by atoms with E-state index in [1.54, 1.807) is 0 Å². The Morgan fingerprint density at radius 1 is 1.05 bits per heavy atom. The van der Waals surface area contributed by atoms with Crippen molar-refractivity contribution in [1.29, 1.82) is 0 Å². The fraction of sp³-hybridized carbons (Fsp3) is 0.333. The van der Waals surface area contributed by atoms with Crippen LogP contribution in [0.25, 0.3) is 0 Å². The van der Waals surface area contributed by atoms with E-state index >= 15 is 0 Å². The maximum atomic E-state index is 12.6. The number of hydrogen-bond acceptors (Lipinski definition) is 2. The molecule has 2 unspecified atom stereocenters. The summed E-state index contributed by atoms with van der Waals surface area (Å²) in [4.78, 5) is 0.902. The molecule has 2 aromatic carbocycles. The Bertz CT molecular complexity index is 651. The zero-order chi connectivity index (χ0) is 15.4. The summed E-state index contributed by atoms with van der Waals surface area (Å²) in [5.74, 6) is 0.586. The predicted octanol–water partition coefficient (Wildman–Crippen LogP) is 3.68. The standard InChI is InChI=1S/C18H23NOS/c1-13-6-5-7-17(10-13)21(20)12-18(19-4)16-9-8-14(2)15(3)11-16/h5-11,18-19H,12H2,1-4H3. The molecule has 0 spiro atoms. The number of hydrogen-bond donors (Lipinski definition) is 1. The Morgan fingerprint density at radius 3 is 2.43 bits per heavy atom. The van der Waals surface area contributed by atoms with Gasteiger partial charge in [-0.3, -0.25) is 4.21 Å². The molecule has 0 aliphatic carbocycles. The van der Waals surface area contributed by atoms with E-state index in [0.29, 0.717) is 5.75 Å². The summed E-state index contributed by atoms with van der Waals surface area (Å²) >= 11 is 0. The zero-order valence-corrected chi connectivity index (χ0v) is 14.0. The molecule has 2 atom stereocenters. The quantitative estimate of drug-likeness (QED) is 0.913. The summed E-state index contributed by atoms with van der Waals surface area (Å²) in [5, 5.41) is 3.29. The van der Waals surface area contributed by atoms with Gasteiger partial charge in [0.2, 0.25) is 0 Å². The van der Waals surface area contributed by atoms with Crippen molar-refractivity contribution in [2.24, 2.45) is 0 Å². The molecule has 2 nitrogen and oxygen atoms in total. The second-order valence-corrected chi connectivity index (χ2v) is 7.01. The lowest BCUT2D eigenvalue weighted by molar-refractivity contribution is 0.635. The number of nitrogens with one attached hydrogen (secondary N) is 1. The molecule has 1 N–H and O–H groups in total. The third kappa shape index (κ3) is 4.02. The average Bonchev–Trinajstić information content (AvgIpc) is 2.47. The van der Waals surface area contributed by atoms with Gasteiger partial charge in [0.05, 0.1) is 10.8 Å². The zero-order valence-electron chi connectivity index (χ0n) is 13.1. The third-order valence-corrected chi connectivity index (χ3v) is 5.27. The fourth-order valence-electron chi connectivity index (χ4n) is 2.33. The highest BCUT2D eigenvalue weighted by Crippen LogP contribution is 2.20. The van der Waals surface area contributed by atoms with Crippen molar-refractivity contribution < 1.29 is 4.21 Å². The van der Waals surface area contributed by atoms with Gasteiger partial charge in [-0.15, -0.1) is 0 Å². The van der Waals surface area contributed by atoms with E-state index in [1.165, 1.54) is 16.7 Å². The van der Waals surface area contributed by atoms with Crippen LogP contribution in [0.2, 0.25) is 0 Å². The summed E-state index contributed by atoms with van der Waals surface area (Å²) in [6, 6.07) is 14.5. The first-order valence-electron chi connectivity index (χ1n) is 7.20. The summed E-state index contributed by atoms with van der Waals surface area (Å²) in [6.07, 6.45) is 0. The molecule has 0 amide bonds. The molecule has 0 radical (unpaired) electrons. The van der Waals surface area contributed by atoms with Crippen LogP contribution in [-0.2, 0) is 10.8 Å². The maximum absolute atomic E-state index is 12.6. The normalized spacial score (nSPS) is 13.9. The Hall–Kier alpha value is -1.45. The highest BCUT2D eigenvalue weighted by molar-refractivity contribution is 7.85. The molecule has 2 rings (SSSR count). The predicted molar refractivity (Wildman–Crippen MR) is 90.2 cm³/mol. The molecule has 0 bridgehead atoms. The van der Waals surface area contributed by atoms with Gasteiger partial charge in [-0.1, -0.05) is 30.3 Å². The minimum Gasteiger partial charge on any atom is -0.312 e. The first-order chi connectivity index (χ1) is 10.0. The van der Waals surface area contributed by atoms with Crippen LogP contribution in [0, 0.1) is 20.8 Å². The minimum absolute atomic E-state index is 0.102. The molecule has 2 aromatic rings. The van der Waals surface area contributed by atoms with E-state index in [1.807, 2.05) is 38.2 Å². The fourth-order valence-corrected chi connectivity index (χ4v) is 3.73. The largest absolute Gasteiger partial charge is 0.312 e. The van der Waals surface area contributed by atoms with E-state index < -0.39 is 10.8 Å². The summed E-state index contributed by atoms with van der Waals surface area (Å²) < 4.78 is 12.6. The minimum atomic E-state index is -0.999. The average molecular weight is 301 g/mol. The molecule has 0 aromatic heterocycles. The first-order valence-corrected chi connectivity index (χ1v) is 8.52. The lowest BCUT2D eigenvalue weighted by Crippen LogP contribution is -2.23. The molecule has 3 heteroatoms. The molecule has 0 saturated heterocycles. The molecular formula is C18H23NOS. The van der Waals surface area contributed by atoms with Crippen LogP contribution in [0.5, 0.6) is 0 Å². The van der Waals surface area contributed by atoms with Crippen molar-refractivity contribution in [3.63, 3.8) is 0 Å². The van der Waals surface area contributed by atoms with Crippen LogP contribution in [0.15, 0.2) is 47.4 Å². The Morgan fingerprint density at radius 2 is 1.81 bits per heavy atom. The van der Waals surface area contributed by atoms with Gasteiger partial charge in [0.1, 0.15) is 0 Å². The smallest absolute Gasteiger partial charge is 0.0548 e. The van der Waals surface area contributed by atoms with E-state index in [2.05, 4.69) is 37.4 Å². The van der Waals surface area contributed by atoms with Crippen LogP contribution in [0.4, 0.5) is 0 Å². The van der Waals surface area contributed by atoms with Crippen molar-refractivity contribution in [1.82, 2.24) is 5.32 Å². The maximum Gasteiger partial charge on any atom is 0.0548 e. The molecule has 0 heterocycles. The Labute approximate surface area is 130 Å². The lowest BCUT2D eigenvalue weighted by Gasteiger charge is -2.17. The summed E-state index contributed by atoms with van der Waals surface area (Å²) in [6.45, 7) is 6.25. The molecule has 0 aliphatic rings. The van der Waals surface area contributed by atoms with Gasteiger partial charge in [0, 0.05) is 16.7 Å². The van der Waals surface area contributed by atoms with Gasteiger partial charge in [-0.05, 0) is 62.2 Å². The molecule has 0 aliphatic heterocycles. The van der Waals surface area contributed by atoms with Crippen LogP contribution in [0.1, 0.15) is 28.3 Å². The molecule has 112 valence electrons. The number of benzene rings is 2. The van der Waals surface area contributed by atoms with Crippen LogP contribution in [0.3, 0.4) is 0 Å². The second kappa shape index (κ2) is 7.01. The Balaban J connectivity index is 2.18. The number of rotatable bonds is 5. The summed E-state index contributed by atoms with van der Waals surface area (Å²) in [5.41, 5.74) is 4.90. The van der Waals surface area contributed by atoms with Gasteiger partial charge in [-0.25, -0.2) is 0 Å². The molecule has 0 fully saturated rings. The highest BCUT2D eigenvalue weighted by atomic mass is 32.2. The SMILES string of the molecule is CNC(CS(=O)c1cccc(C)c1)c1ccc(C)c(C)c1. The van der Waals surface area contributed by atoms with Crippen molar-refractivity contribution in [3.8, 4) is 0 Å². The first kappa shape index (κ1) is 15.9. The topological polar surface area (TPSA) is 29.1 Å². The lowest BCUT2D eigenvalue weighted by atomic mass is 10.0. The van der Waals surface area contributed by atoms with Crippen molar-refractivity contribution in [3.05, 3.63) is 64.7 Å². The van der Waals surface area contributed by atoms with Crippen LogP contribution in [-0.4, -0.2) is 17.0 Å². The monoisotopic (exact) mass is 301 g/mol. The van der Waals surface area contributed by atoms with E-state index in [4.69, 9.17) is 0 Å². The van der Waals surface area contributed by atoms with Crippen molar-refractivity contribution >= 4 is 10.8 Å². The van der Waals surface area contributed by atoms with Crippen LogP contribution < -0.4 is 5.32 Å². The van der Waals surface area contributed by atoms with Gasteiger partial charge in [0.15, 0.2) is 0 Å². The molecular weight excluding hydrogens is 278 g/mol. The van der Waals surface area contributed by atoms with Gasteiger partial charge < -0.3 is 5.32 Å². The van der Waals surface area contributed by atoms with E-state index in [9.17, 15) is 4.21 Å². The summed E-state index contributed by atoms with van der Waals surface area (Å²) in [7, 11) is 0.925. The third-order valence-electron chi connectivity index (χ3n) is 3.85.